The van der Waals surface area contributed by atoms with Gasteiger partial charge in [-0.25, -0.2) is 9.59 Å². The first kappa shape index (κ1) is 27.7. The van der Waals surface area contributed by atoms with Crippen LogP contribution >= 0.6 is 0 Å². The zero-order chi connectivity index (χ0) is 31.4. The fourth-order valence-electron chi connectivity index (χ4n) is 7.21. The van der Waals surface area contributed by atoms with E-state index in [1.807, 2.05) is 12.1 Å². The van der Waals surface area contributed by atoms with Crippen LogP contribution in [0.25, 0.3) is 50.2 Å². The van der Waals surface area contributed by atoms with E-state index in [2.05, 4.69) is 105 Å². The van der Waals surface area contributed by atoms with Gasteiger partial charge >= 0.3 is 11.9 Å². The zero-order valence-corrected chi connectivity index (χ0v) is 25.5. The molecule has 1 N–H and O–H groups in total. The highest BCUT2D eigenvalue weighted by Gasteiger charge is 2.34. The van der Waals surface area contributed by atoms with Crippen molar-refractivity contribution < 1.29 is 19.1 Å². The van der Waals surface area contributed by atoms with Crippen molar-refractivity contribution >= 4 is 50.7 Å². The highest BCUT2D eigenvalue weighted by Crippen LogP contribution is 2.41. The van der Waals surface area contributed by atoms with Gasteiger partial charge in [-0.1, -0.05) is 66.7 Å². The Kier molecular flexibility index (Phi) is 6.60. The maximum absolute atomic E-state index is 13.2. The molecule has 0 saturated heterocycles. The van der Waals surface area contributed by atoms with Crippen molar-refractivity contribution in [2.75, 3.05) is 14.2 Å². The van der Waals surface area contributed by atoms with Gasteiger partial charge in [0.1, 0.15) is 0 Å². The summed E-state index contributed by atoms with van der Waals surface area (Å²) in [7, 11) is 2.70. The fourth-order valence-corrected chi connectivity index (χ4v) is 7.21. The van der Waals surface area contributed by atoms with Gasteiger partial charge in [-0.15, -0.1) is 0 Å². The van der Waals surface area contributed by atoms with Crippen LogP contribution in [0.5, 0.6) is 0 Å². The number of carbonyl (C=O) groups excluding carboxylic acids is 2. The van der Waals surface area contributed by atoms with Crippen molar-refractivity contribution in [2.45, 2.75) is 18.8 Å². The van der Waals surface area contributed by atoms with Crippen LogP contribution in [-0.4, -0.2) is 35.3 Å². The number of ether oxygens (including phenoxy) is 2. The van der Waals surface area contributed by atoms with Gasteiger partial charge in [0.05, 0.1) is 47.8 Å². The number of rotatable bonds is 5. The molecular weight excluding hydrogens is 574 g/mol. The lowest BCUT2D eigenvalue weighted by Gasteiger charge is -2.26. The van der Waals surface area contributed by atoms with Crippen LogP contribution in [0, 0.1) is 0 Å². The Labute approximate surface area is 265 Å². The molecule has 0 radical (unpaired) electrons. The lowest BCUT2D eigenvalue weighted by Crippen LogP contribution is -2.26. The van der Waals surface area contributed by atoms with E-state index in [0.29, 0.717) is 11.1 Å². The van der Waals surface area contributed by atoms with Gasteiger partial charge in [-0.05, 0) is 54.8 Å². The molecule has 1 aliphatic carbocycles. The van der Waals surface area contributed by atoms with Gasteiger partial charge < -0.3 is 23.9 Å². The van der Waals surface area contributed by atoms with Crippen molar-refractivity contribution in [3.63, 3.8) is 0 Å². The van der Waals surface area contributed by atoms with Crippen molar-refractivity contribution in [3.05, 3.63) is 137 Å². The molecule has 7 nitrogen and oxygen atoms in total. The van der Waals surface area contributed by atoms with E-state index >= 15 is 0 Å². The number of hydrogen-bond donors (Lipinski definition) is 1. The highest BCUT2D eigenvalue weighted by atomic mass is 16.5. The minimum absolute atomic E-state index is 0.318. The molecule has 0 spiro atoms. The van der Waals surface area contributed by atoms with Gasteiger partial charge in [0.2, 0.25) is 0 Å². The van der Waals surface area contributed by atoms with Crippen LogP contribution < -0.4 is 5.32 Å². The Morgan fingerprint density at radius 3 is 1.80 bits per heavy atom. The fraction of sp³-hybridized carbons (Fsp3) is 0.128. The van der Waals surface area contributed by atoms with Crippen LogP contribution in [0.2, 0.25) is 0 Å². The zero-order valence-electron chi connectivity index (χ0n) is 25.5. The minimum Gasteiger partial charge on any atom is -0.466 e. The van der Waals surface area contributed by atoms with E-state index in [0.717, 1.165) is 57.1 Å². The summed E-state index contributed by atoms with van der Waals surface area (Å²) >= 11 is 0. The number of aromatic nitrogens is 2. The summed E-state index contributed by atoms with van der Waals surface area (Å²) in [5.41, 5.74) is 8.92. The Balaban J connectivity index is 1.48. The highest BCUT2D eigenvalue weighted by molar-refractivity contribution is 6.09. The normalized spacial score (nSPS) is 14.6. The molecule has 0 unspecified atom stereocenters. The first-order valence-electron chi connectivity index (χ1n) is 15.3. The molecule has 46 heavy (non-hydrogen) atoms. The molecule has 0 fully saturated rings. The largest absolute Gasteiger partial charge is 0.466 e. The van der Waals surface area contributed by atoms with Crippen molar-refractivity contribution in [3.8, 4) is 11.4 Å². The summed E-state index contributed by atoms with van der Waals surface area (Å²) in [6.45, 7) is 0. The number of esters is 2. The van der Waals surface area contributed by atoms with Crippen LogP contribution in [0.4, 0.5) is 0 Å². The van der Waals surface area contributed by atoms with E-state index in [4.69, 9.17) is 9.47 Å². The minimum atomic E-state index is -0.731. The Morgan fingerprint density at radius 1 is 0.696 bits per heavy atom. The quantitative estimate of drug-likeness (QED) is 0.206. The summed E-state index contributed by atoms with van der Waals surface area (Å²) in [5.74, 6) is -1.78. The maximum atomic E-state index is 13.2. The summed E-state index contributed by atoms with van der Waals surface area (Å²) in [5, 5.41) is 6.44. The molecule has 7 heteroatoms. The molecule has 6 aromatic rings. The number of nitrogens with zero attached hydrogens (tertiary/aromatic N) is 2. The van der Waals surface area contributed by atoms with Crippen LogP contribution in [-0.2, 0) is 25.5 Å². The molecule has 2 aliphatic rings. The van der Waals surface area contributed by atoms with E-state index in [1.165, 1.54) is 30.9 Å². The number of methoxy groups -OCH3 is 2. The number of allylic oxidation sites excluding steroid dienone is 1. The van der Waals surface area contributed by atoms with E-state index in [1.54, 1.807) is 12.4 Å². The lowest BCUT2D eigenvalue weighted by atomic mass is 9.83. The monoisotopic (exact) mass is 605 g/mol. The number of para-hydroxylation sites is 3. The predicted octanol–water partition coefficient (Wildman–Crippen LogP) is 7.49. The second kappa shape index (κ2) is 11.0. The van der Waals surface area contributed by atoms with Gasteiger partial charge in [0.15, 0.2) is 0 Å². The van der Waals surface area contributed by atoms with Gasteiger partial charge in [-0.2, -0.15) is 0 Å². The molecule has 4 aromatic carbocycles. The number of dihydropyridines is 1. The molecule has 8 rings (SSSR count). The third-order valence-electron chi connectivity index (χ3n) is 9.14. The Bertz CT molecular complexity index is 2230. The van der Waals surface area contributed by atoms with E-state index < -0.39 is 17.9 Å². The third-order valence-corrected chi connectivity index (χ3v) is 9.14. The number of hydrogen-bond acceptors (Lipinski definition) is 5. The number of fused-ring (bicyclic) bond motifs is 6. The second-order valence-electron chi connectivity index (χ2n) is 11.6. The van der Waals surface area contributed by atoms with Crippen molar-refractivity contribution in [1.82, 2.24) is 14.5 Å². The lowest BCUT2D eigenvalue weighted by molar-refractivity contribution is -0.137. The molecule has 0 amide bonds. The molecule has 0 atom stereocenters. The topological polar surface area (TPSA) is 74.5 Å². The van der Waals surface area contributed by atoms with Gasteiger partial charge in [-0.3, -0.25) is 0 Å². The van der Waals surface area contributed by atoms with E-state index in [9.17, 15) is 9.59 Å². The third kappa shape index (κ3) is 4.19. The van der Waals surface area contributed by atoms with Crippen LogP contribution in [0.1, 0.15) is 29.2 Å². The average molecular weight is 606 g/mol. The molecule has 0 saturated carbocycles. The standard InChI is InChI=1S/C39H31N3O4/c1-45-38(43)31-22-40-23-32(39(44)46-2)37(31)24-19-25(41-33-15-7-3-11-27(33)28-12-4-8-16-34(28)41)21-26(20-24)42-35-17-9-5-13-29(35)30-14-6-10-18-36(30)42/h3-9,11-17,19-23,37,40H,10,18H2,1-2H3. The van der Waals surface area contributed by atoms with Crippen LogP contribution in [0.15, 0.2) is 121 Å². The summed E-state index contributed by atoms with van der Waals surface area (Å²) in [6, 6.07) is 31.6. The summed E-state index contributed by atoms with van der Waals surface area (Å²) < 4.78 is 15.0. The van der Waals surface area contributed by atoms with Gasteiger partial charge in [0, 0.05) is 51.2 Å². The maximum Gasteiger partial charge on any atom is 0.336 e. The van der Waals surface area contributed by atoms with Crippen LogP contribution in [0.3, 0.4) is 0 Å². The van der Waals surface area contributed by atoms with Crippen molar-refractivity contribution in [2.24, 2.45) is 0 Å². The molecular formula is C39H31N3O4. The summed E-state index contributed by atoms with van der Waals surface area (Å²) in [6.07, 6.45) is 9.50. The molecule has 2 aromatic heterocycles. The SMILES string of the molecule is COC(=O)C1=CNC=C(C(=O)OC)C1c1cc(-n2c3c(c4ccccc42)C=CCC3)cc(-n2c3ccccc3c3ccccc32)c1. The summed E-state index contributed by atoms with van der Waals surface area (Å²) in [4.78, 5) is 26.4. The molecule has 1 aliphatic heterocycles. The number of nitrogens with one attached hydrogen (secondary N) is 1. The smallest absolute Gasteiger partial charge is 0.336 e. The average Bonchev–Trinajstić information content (AvgIpc) is 3.63. The number of carbonyl (C=O) groups is 2. The van der Waals surface area contributed by atoms with E-state index in [-0.39, 0.29) is 0 Å². The van der Waals surface area contributed by atoms with Crippen molar-refractivity contribution in [1.29, 1.82) is 0 Å². The molecule has 0 bridgehead atoms. The molecule has 226 valence electrons. The molecule has 3 heterocycles. The first-order chi connectivity index (χ1) is 22.6. The second-order valence-corrected chi connectivity index (χ2v) is 11.6. The van der Waals surface area contributed by atoms with Gasteiger partial charge in [0.25, 0.3) is 0 Å². The predicted molar refractivity (Wildman–Crippen MR) is 181 cm³/mol. The Hall–Kier alpha value is -5.82. The Morgan fingerprint density at radius 2 is 1.22 bits per heavy atom. The first-order valence-corrected chi connectivity index (χ1v) is 15.3. The number of benzene rings is 4.